The second kappa shape index (κ2) is 6.30. The summed E-state index contributed by atoms with van der Waals surface area (Å²) < 4.78 is 20.1. The summed E-state index contributed by atoms with van der Waals surface area (Å²) in [5.74, 6) is -0.647. The first-order valence-corrected chi connectivity index (χ1v) is 7.01. The van der Waals surface area contributed by atoms with Gasteiger partial charge in [0.05, 0.1) is 0 Å². The minimum Gasteiger partial charge on any atom is -0.482 e. The first kappa shape index (κ1) is 14.2. The van der Waals surface area contributed by atoms with Crippen LogP contribution in [0.4, 0.5) is 4.39 Å². The molecule has 0 aliphatic carbocycles. The largest absolute Gasteiger partial charge is 0.482 e. The first-order chi connectivity index (χ1) is 9.06. The molecule has 0 saturated heterocycles. The number of rotatable bonds is 4. The highest BCUT2D eigenvalue weighted by atomic mass is 79.9. The highest BCUT2D eigenvalue weighted by molar-refractivity contribution is 9.10. The Morgan fingerprint density at radius 3 is 2.53 bits per heavy atom. The maximum atomic E-state index is 13.5. The second-order valence-corrected chi connectivity index (χ2v) is 5.63. The van der Waals surface area contributed by atoms with Crippen molar-refractivity contribution < 1.29 is 13.9 Å². The van der Waals surface area contributed by atoms with Crippen molar-refractivity contribution in [1.29, 1.82) is 0 Å². The van der Waals surface area contributed by atoms with Crippen LogP contribution >= 0.6 is 31.9 Å². The molecule has 5 heteroatoms. The maximum absolute atomic E-state index is 13.5. The Hall–Kier alpha value is -1.20. The van der Waals surface area contributed by atoms with Gasteiger partial charge in [0, 0.05) is 14.5 Å². The van der Waals surface area contributed by atoms with Crippen molar-refractivity contribution in [3.05, 3.63) is 62.8 Å². The molecule has 0 bridgehead atoms. The van der Waals surface area contributed by atoms with Crippen molar-refractivity contribution in [3.8, 4) is 5.75 Å². The lowest BCUT2D eigenvalue weighted by Crippen LogP contribution is -2.12. The zero-order chi connectivity index (χ0) is 13.8. The molecular weight excluding hydrogens is 379 g/mol. The van der Waals surface area contributed by atoms with Gasteiger partial charge in [-0.2, -0.15) is 0 Å². The number of carbonyl (C=O) groups is 1. The van der Waals surface area contributed by atoms with E-state index in [4.69, 9.17) is 4.74 Å². The van der Waals surface area contributed by atoms with Crippen molar-refractivity contribution in [1.82, 2.24) is 0 Å². The van der Waals surface area contributed by atoms with E-state index in [1.165, 1.54) is 12.1 Å². The number of carbonyl (C=O) groups excluding carboxylic acids is 1. The van der Waals surface area contributed by atoms with Crippen LogP contribution in [0.5, 0.6) is 5.75 Å². The first-order valence-electron chi connectivity index (χ1n) is 5.43. The van der Waals surface area contributed by atoms with Crippen LogP contribution in [0.1, 0.15) is 10.4 Å². The van der Waals surface area contributed by atoms with E-state index in [9.17, 15) is 9.18 Å². The van der Waals surface area contributed by atoms with Crippen LogP contribution in [0.3, 0.4) is 0 Å². The van der Waals surface area contributed by atoms with Crippen molar-refractivity contribution >= 4 is 37.6 Å². The molecular formula is C14H9Br2FO2. The Kier molecular flexibility index (Phi) is 4.71. The van der Waals surface area contributed by atoms with E-state index >= 15 is 0 Å². The molecule has 0 atom stereocenters. The van der Waals surface area contributed by atoms with Gasteiger partial charge in [-0.3, -0.25) is 4.79 Å². The SMILES string of the molecule is O=C(COc1ccc(Br)cc1F)c1cccc(Br)c1. The highest BCUT2D eigenvalue weighted by Crippen LogP contribution is 2.21. The van der Waals surface area contributed by atoms with Crippen LogP contribution in [0.25, 0.3) is 0 Å². The number of hydrogen-bond acceptors (Lipinski definition) is 2. The third-order valence-electron chi connectivity index (χ3n) is 2.40. The summed E-state index contributed by atoms with van der Waals surface area (Å²) >= 11 is 6.44. The Labute approximate surface area is 126 Å². The van der Waals surface area contributed by atoms with E-state index in [1.54, 1.807) is 24.3 Å². The van der Waals surface area contributed by atoms with Crippen molar-refractivity contribution in [2.24, 2.45) is 0 Å². The van der Waals surface area contributed by atoms with E-state index in [2.05, 4.69) is 31.9 Å². The van der Waals surface area contributed by atoms with Crippen LogP contribution in [-0.2, 0) is 0 Å². The normalized spacial score (nSPS) is 10.3. The van der Waals surface area contributed by atoms with Crippen molar-refractivity contribution in [3.63, 3.8) is 0 Å². The lowest BCUT2D eigenvalue weighted by molar-refractivity contribution is 0.0918. The molecule has 0 N–H and O–H groups in total. The topological polar surface area (TPSA) is 26.3 Å². The monoisotopic (exact) mass is 386 g/mol. The molecule has 2 aromatic rings. The van der Waals surface area contributed by atoms with Gasteiger partial charge >= 0.3 is 0 Å². The summed E-state index contributed by atoms with van der Waals surface area (Å²) in [7, 11) is 0. The van der Waals surface area contributed by atoms with E-state index in [1.807, 2.05) is 6.07 Å². The fourth-order valence-electron chi connectivity index (χ4n) is 1.48. The molecule has 0 aliphatic rings. The smallest absolute Gasteiger partial charge is 0.200 e. The predicted octanol–water partition coefficient (Wildman–Crippen LogP) is 4.61. The molecule has 2 nitrogen and oxygen atoms in total. The molecule has 0 aromatic heterocycles. The fourth-order valence-corrected chi connectivity index (χ4v) is 2.21. The third kappa shape index (κ3) is 3.88. The average molecular weight is 388 g/mol. The highest BCUT2D eigenvalue weighted by Gasteiger charge is 2.09. The number of Topliss-reactive ketones (excluding diaryl/α,β-unsaturated/α-hetero) is 1. The van der Waals surface area contributed by atoms with Crippen molar-refractivity contribution in [2.45, 2.75) is 0 Å². The van der Waals surface area contributed by atoms with E-state index < -0.39 is 5.82 Å². The number of benzene rings is 2. The average Bonchev–Trinajstić information content (AvgIpc) is 2.37. The van der Waals surface area contributed by atoms with Gasteiger partial charge in [0.2, 0.25) is 0 Å². The molecule has 0 fully saturated rings. The summed E-state index contributed by atoms with van der Waals surface area (Å²) in [6.07, 6.45) is 0. The molecule has 0 unspecified atom stereocenters. The maximum Gasteiger partial charge on any atom is 0.200 e. The minimum absolute atomic E-state index is 0.0616. The van der Waals surface area contributed by atoms with E-state index in [0.29, 0.717) is 10.0 Å². The summed E-state index contributed by atoms with van der Waals surface area (Å²) in [6.45, 7) is -0.199. The van der Waals surface area contributed by atoms with Gasteiger partial charge in [-0.05, 0) is 30.3 Å². The zero-order valence-electron chi connectivity index (χ0n) is 9.70. The van der Waals surface area contributed by atoms with Crippen LogP contribution in [0.2, 0.25) is 0 Å². The number of ketones is 1. The molecule has 2 aromatic carbocycles. The molecule has 0 saturated carbocycles. The second-order valence-electron chi connectivity index (χ2n) is 3.80. The number of ether oxygens (including phenoxy) is 1. The quantitative estimate of drug-likeness (QED) is 0.716. The number of hydrogen-bond donors (Lipinski definition) is 0. The fraction of sp³-hybridized carbons (Fsp3) is 0.0714. The summed E-state index contributed by atoms with van der Waals surface area (Å²) in [5.41, 5.74) is 0.520. The van der Waals surface area contributed by atoms with Crippen LogP contribution in [0, 0.1) is 5.82 Å². The van der Waals surface area contributed by atoms with E-state index in [0.717, 1.165) is 4.47 Å². The van der Waals surface area contributed by atoms with Crippen LogP contribution in [-0.4, -0.2) is 12.4 Å². The Morgan fingerprint density at radius 1 is 1.11 bits per heavy atom. The third-order valence-corrected chi connectivity index (χ3v) is 3.39. The van der Waals surface area contributed by atoms with Crippen LogP contribution in [0.15, 0.2) is 51.4 Å². The molecule has 0 amide bonds. The van der Waals surface area contributed by atoms with Gasteiger partial charge in [-0.1, -0.05) is 44.0 Å². The van der Waals surface area contributed by atoms with Gasteiger partial charge in [0.1, 0.15) is 0 Å². The molecule has 2 rings (SSSR count). The van der Waals surface area contributed by atoms with E-state index in [-0.39, 0.29) is 18.1 Å². The lowest BCUT2D eigenvalue weighted by atomic mass is 10.1. The number of halogens is 3. The molecule has 98 valence electrons. The molecule has 0 aliphatic heterocycles. The Balaban J connectivity index is 2.04. The van der Waals surface area contributed by atoms with Crippen molar-refractivity contribution in [2.75, 3.05) is 6.61 Å². The van der Waals surface area contributed by atoms with Gasteiger partial charge in [0.25, 0.3) is 0 Å². The Bertz CT molecular complexity index is 614. The molecule has 0 spiro atoms. The zero-order valence-corrected chi connectivity index (χ0v) is 12.9. The predicted molar refractivity (Wildman–Crippen MR) is 78.1 cm³/mol. The standard InChI is InChI=1S/C14H9Br2FO2/c15-10-3-1-2-9(6-10)13(18)8-19-14-5-4-11(16)7-12(14)17/h1-7H,8H2. The summed E-state index contributed by atoms with van der Waals surface area (Å²) in [6, 6.07) is 11.4. The van der Waals surface area contributed by atoms with Gasteiger partial charge in [-0.25, -0.2) is 4.39 Å². The van der Waals surface area contributed by atoms with Gasteiger partial charge in [-0.15, -0.1) is 0 Å². The van der Waals surface area contributed by atoms with Gasteiger partial charge in [0.15, 0.2) is 24.0 Å². The lowest BCUT2D eigenvalue weighted by Gasteiger charge is -2.07. The minimum atomic E-state index is -0.503. The van der Waals surface area contributed by atoms with Crippen LogP contribution < -0.4 is 4.74 Å². The molecule has 0 heterocycles. The Morgan fingerprint density at radius 2 is 1.84 bits per heavy atom. The molecule has 0 radical (unpaired) electrons. The summed E-state index contributed by atoms with van der Waals surface area (Å²) in [5, 5.41) is 0. The van der Waals surface area contributed by atoms with Gasteiger partial charge < -0.3 is 4.74 Å². The summed E-state index contributed by atoms with van der Waals surface area (Å²) in [4.78, 5) is 11.9. The molecule has 19 heavy (non-hydrogen) atoms.